The highest BCUT2D eigenvalue weighted by Crippen LogP contribution is 2.46. The first-order valence-corrected chi connectivity index (χ1v) is 6.52. The summed E-state index contributed by atoms with van der Waals surface area (Å²) in [4.78, 5) is 11.3. The smallest absolute Gasteiger partial charge is 0.234 e. The van der Waals surface area contributed by atoms with E-state index < -0.39 is 0 Å². The number of thioether (sulfide) groups is 1. The van der Waals surface area contributed by atoms with Crippen LogP contribution in [-0.2, 0) is 4.79 Å². The van der Waals surface area contributed by atoms with Crippen LogP contribution in [0.1, 0.15) is 25.7 Å². The minimum absolute atomic E-state index is 0.157. The standard InChI is InChI=1S/C10H18N2OS/c1-14-10(4-5-10)7-11-6-9(13)12-8-2-3-8/h8,11H,2-7H2,1H3,(H,12,13). The van der Waals surface area contributed by atoms with E-state index in [0.29, 0.717) is 17.3 Å². The van der Waals surface area contributed by atoms with E-state index in [0.717, 1.165) is 6.54 Å². The van der Waals surface area contributed by atoms with E-state index in [1.807, 2.05) is 11.8 Å². The topological polar surface area (TPSA) is 41.1 Å². The number of hydrogen-bond acceptors (Lipinski definition) is 3. The third kappa shape index (κ3) is 2.89. The molecular weight excluding hydrogens is 196 g/mol. The lowest BCUT2D eigenvalue weighted by Crippen LogP contribution is -2.38. The summed E-state index contributed by atoms with van der Waals surface area (Å²) in [6.07, 6.45) is 7.08. The molecule has 0 aliphatic heterocycles. The van der Waals surface area contributed by atoms with Gasteiger partial charge in [0.1, 0.15) is 0 Å². The van der Waals surface area contributed by atoms with Gasteiger partial charge in [-0.25, -0.2) is 0 Å². The lowest BCUT2D eigenvalue weighted by Gasteiger charge is -2.12. The van der Waals surface area contributed by atoms with Crippen LogP contribution in [0, 0.1) is 0 Å². The molecule has 1 amide bonds. The van der Waals surface area contributed by atoms with E-state index in [9.17, 15) is 4.79 Å². The molecule has 0 aromatic heterocycles. The fourth-order valence-electron chi connectivity index (χ4n) is 1.50. The molecule has 2 aliphatic carbocycles. The molecule has 2 aliphatic rings. The zero-order valence-electron chi connectivity index (χ0n) is 8.64. The Kier molecular flexibility index (Phi) is 3.02. The largest absolute Gasteiger partial charge is 0.352 e. The first kappa shape index (κ1) is 10.3. The van der Waals surface area contributed by atoms with Crippen LogP contribution in [0.25, 0.3) is 0 Å². The molecule has 80 valence electrons. The van der Waals surface area contributed by atoms with E-state index in [1.54, 1.807) is 0 Å². The molecule has 2 N–H and O–H groups in total. The van der Waals surface area contributed by atoms with Crippen molar-refractivity contribution < 1.29 is 4.79 Å². The predicted octanol–water partition coefficient (Wildman–Crippen LogP) is 0.750. The van der Waals surface area contributed by atoms with Crippen LogP contribution in [0.5, 0.6) is 0 Å². The van der Waals surface area contributed by atoms with Gasteiger partial charge in [0.15, 0.2) is 0 Å². The minimum atomic E-state index is 0.157. The zero-order chi connectivity index (χ0) is 10.0. The van der Waals surface area contributed by atoms with Gasteiger partial charge in [-0.05, 0) is 31.9 Å². The van der Waals surface area contributed by atoms with Crippen molar-refractivity contribution in [1.82, 2.24) is 10.6 Å². The van der Waals surface area contributed by atoms with Crippen molar-refractivity contribution in [3.05, 3.63) is 0 Å². The second-order valence-electron chi connectivity index (χ2n) is 4.33. The van der Waals surface area contributed by atoms with Crippen LogP contribution in [0.3, 0.4) is 0 Å². The Morgan fingerprint density at radius 2 is 2.21 bits per heavy atom. The number of nitrogens with one attached hydrogen (secondary N) is 2. The number of carbonyl (C=O) groups excluding carboxylic acids is 1. The number of amides is 1. The molecule has 0 heterocycles. The fraction of sp³-hybridized carbons (Fsp3) is 0.900. The average Bonchev–Trinajstić information content (AvgIpc) is 3.00. The summed E-state index contributed by atoms with van der Waals surface area (Å²) in [6.45, 7) is 1.46. The van der Waals surface area contributed by atoms with E-state index >= 15 is 0 Å². The normalized spacial score (nSPS) is 23.2. The maximum Gasteiger partial charge on any atom is 0.234 e. The molecular formula is C10H18N2OS. The molecule has 0 aromatic rings. The second kappa shape index (κ2) is 4.11. The van der Waals surface area contributed by atoms with Gasteiger partial charge in [0, 0.05) is 17.3 Å². The van der Waals surface area contributed by atoms with Crippen molar-refractivity contribution >= 4 is 17.7 Å². The summed E-state index contributed by atoms with van der Waals surface area (Å²) in [5, 5.41) is 6.21. The first-order chi connectivity index (χ1) is 6.74. The minimum Gasteiger partial charge on any atom is -0.352 e. The van der Waals surface area contributed by atoms with Gasteiger partial charge in [-0.15, -0.1) is 0 Å². The van der Waals surface area contributed by atoms with Crippen LogP contribution in [-0.4, -0.2) is 36.0 Å². The summed E-state index contributed by atoms with van der Waals surface area (Å²) >= 11 is 1.92. The highest BCUT2D eigenvalue weighted by molar-refractivity contribution is 8.00. The number of carbonyl (C=O) groups is 1. The van der Waals surface area contributed by atoms with E-state index in [2.05, 4.69) is 16.9 Å². The second-order valence-corrected chi connectivity index (χ2v) is 5.61. The van der Waals surface area contributed by atoms with Crippen molar-refractivity contribution in [2.24, 2.45) is 0 Å². The number of hydrogen-bond donors (Lipinski definition) is 2. The molecule has 0 unspecified atom stereocenters. The molecule has 2 fully saturated rings. The molecule has 0 atom stereocenters. The third-order valence-electron chi connectivity index (χ3n) is 2.92. The molecule has 14 heavy (non-hydrogen) atoms. The van der Waals surface area contributed by atoms with Gasteiger partial charge >= 0.3 is 0 Å². The SMILES string of the molecule is CSC1(CNCC(=O)NC2CC2)CC1. The summed E-state index contributed by atoms with van der Waals surface area (Å²) < 4.78 is 0.458. The Balaban J connectivity index is 1.55. The quantitative estimate of drug-likeness (QED) is 0.685. The van der Waals surface area contributed by atoms with Gasteiger partial charge in [-0.1, -0.05) is 0 Å². The van der Waals surface area contributed by atoms with Crippen molar-refractivity contribution in [2.45, 2.75) is 36.5 Å². The maximum atomic E-state index is 11.3. The molecule has 0 bridgehead atoms. The molecule has 3 nitrogen and oxygen atoms in total. The monoisotopic (exact) mass is 214 g/mol. The Morgan fingerprint density at radius 1 is 1.50 bits per heavy atom. The lowest BCUT2D eigenvalue weighted by molar-refractivity contribution is -0.120. The highest BCUT2D eigenvalue weighted by atomic mass is 32.2. The molecule has 2 rings (SSSR count). The van der Waals surface area contributed by atoms with Crippen LogP contribution in [0.2, 0.25) is 0 Å². The van der Waals surface area contributed by atoms with E-state index in [-0.39, 0.29) is 5.91 Å². The Hall–Kier alpha value is -0.220. The zero-order valence-corrected chi connectivity index (χ0v) is 9.45. The van der Waals surface area contributed by atoms with Crippen LogP contribution in [0.4, 0.5) is 0 Å². The van der Waals surface area contributed by atoms with Crippen molar-refractivity contribution in [3.63, 3.8) is 0 Å². The predicted molar refractivity (Wildman–Crippen MR) is 59.5 cm³/mol. The third-order valence-corrected chi connectivity index (χ3v) is 4.33. The molecule has 0 radical (unpaired) electrons. The van der Waals surface area contributed by atoms with E-state index in [4.69, 9.17) is 0 Å². The van der Waals surface area contributed by atoms with Gasteiger partial charge < -0.3 is 10.6 Å². The first-order valence-electron chi connectivity index (χ1n) is 5.29. The molecule has 0 saturated heterocycles. The Bertz CT molecular complexity index is 224. The van der Waals surface area contributed by atoms with Crippen LogP contribution >= 0.6 is 11.8 Å². The molecule has 4 heteroatoms. The Morgan fingerprint density at radius 3 is 2.71 bits per heavy atom. The molecule has 2 saturated carbocycles. The molecule has 0 aromatic carbocycles. The summed E-state index contributed by atoms with van der Waals surface area (Å²) in [7, 11) is 0. The summed E-state index contributed by atoms with van der Waals surface area (Å²) in [5.41, 5.74) is 0. The van der Waals surface area contributed by atoms with Crippen LogP contribution < -0.4 is 10.6 Å². The Labute approximate surface area is 89.4 Å². The maximum absolute atomic E-state index is 11.3. The fourth-order valence-corrected chi connectivity index (χ4v) is 2.26. The summed E-state index contributed by atoms with van der Waals surface area (Å²) in [5.74, 6) is 0.157. The highest BCUT2D eigenvalue weighted by Gasteiger charge is 2.41. The summed E-state index contributed by atoms with van der Waals surface area (Å²) in [6, 6.07) is 0.486. The van der Waals surface area contributed by atoms with Gasteiger partial charge in [-0.2, -0.15) is 11.8 Å². The van der Waals surface area contributed by atoms with Crippen molar-refractivity contribution in [2.75, 3.05) is 19.3 Å². The lowest BCUT2D eigenvalue weighted by atomic mass is 10.4. The van der Waals surface area contributed by atoms with Gasteiger partial charge in [0.05, 0.1) is 6.54 Å². The van der Waals surface area contributed by atoms with Crippen molar-refractivity contribution in [3.8, 4) is 0 Å². The molecule has 0 spiro atoms. The van der Waals surface area contributed by atoms with Gasteiger partial charge in [0.2, 0.25) is 5.91 Å². The van der Waals surface area contributed by atoms with Gasteiger partial charge in [-0.3, -0.25) is 4.79 Å². The van der Waals surface area contributed by atoms with Crippen LogP contribution in [0.15, 0.2) is 0 Å². The number of rotatable bonds is 6. The van der Waals surface area contributed by atoms with Gasteiger partial charge in [0.25, 0.3) is 0 Å². The van der Waals surface area contributed by atoms with E-state index in [1.165, 1.54) is 25.7 Å². The van der Waals surface area contributed by atoms with Crippen molar-refractivity contribution in [1.29, 1.82) is 0 Å². The average molecular weight is 214 g/mol.